The third-order valence-electron chi connectivity index (χ3n) is 6.27. The van der Waals surface area contributed by atoms with Crippen LogP contribution in [0.1, 0.15) is 0 Å². The Bertz CT molecular complexity index is 1430. The van der Waals surface area contributed by atoms with Crippen LogP contribution in [0.4, 0.5) is 28.4 Å². The van der Waals surface area contributed by atoms with E-state index in [2.05, 4.69) is 101 Å². The minimum absolute atomic E-state index is 0. The quantitative estimate of drug-likeness (QED) is 0.186. The molecule has 5 aromatic rings. The molecule has 0 bridgehead atoms. The molecule has 0 amide bonds. The molecule has 0 unspecified atom stereocenters. The predicted octanol–water partition coefficient (Wildman–Crippen LogP) is 6.97. The number of hydrogen-bond acceptors (Lipinski definition) is 4. The van der Waals surface area contributed by atoms with Crippen molar-refractivity contribution in [2.45, 2.75) is 0 Å². The Labute approximate surface area is 219 Å². The van der Waals surface area contributed by atoms with Gasteiger partial charge in [-0.25, -0.2) is 0 Å². The topological polar surface area (TPSA) is 22.6 Å². The summed E-state index contributed by atoms with van der Waals surface area (Å²) in [5.74, 6) is 0. The number of para-hydroxylation sites is 1. The Kier molecular flexibility index (Phi) is 6.29. The van der Waals surface area contributed by atoms with E-state index in [0.29, 0.717) is 0 Å². The number of pyridine rings is 1. The fraction of sp³-hybridized carbons (Fsp3) is 0.0667. The average molecular weight is 632 g/mol. The number of hydrogen-bond donors (Lipinski definition) is 0. The van der Waals surface area contributed by atoms with Crippen LogP contribution in [0.25, 0.3) is 22.0 Å². The van der Waals surface area contributed by atoms with Gasteiger partial charge in [0, 0.05) is 18.9 Å². The standard InChI is InChI=1S/C19H15N3.C11H8N.Ir/c1-20-12-22-18-11-14-7-4-3-6-13(14)10-17(18)21(2)16-9-5-8-15(20)19(16)22;1-2-6-10(7-3-1)11-8-4-5-9-12-11;/h3-10,12H,1-2H3;1-6,8-9H;/q-2;-1;+3. The molecule has 0 saturated heterocycles. The Balaban J connectivity index is 0.000000167. The largest absolute Gasteiger partial charge is 3.00 e. The summed E-state index contributed by atoms with van der Waals surface area (Å²) in [5.41, 5.74) is 8.02. The van der Waals surface area contributed by atoms with Crippen LogP contribution in [0.15, 0.2) is 97.2 Å². The van der Waals surface area contributed by atoms with Crippen molar-refractivity contribution in [1.82, 2.24) is 4.98 Å². The zero-order valence-corrected chi connectivity index (χ0v) is 21.8. The van der Waals surface area contributed by atoms with Crippen LogP contribution < -0.4 is 14.7 Å². The van der Waals surface area contributed by atoms with Crippen molar-refractivity contribution < 1.29 is 20.1 Å². The van der Waals surface area contributed by atoms with Gasteiger partial charge in [-0.2, -0.15) is 6.67 Å². The number of fused-ring (bicyclic) bond motifs is 3. The number of nitrogens with zero attached hydrogens (tertiary/aromatic N) is 4. The SMILES string of the molecule is CN1[CH-]N2c3[c-]c4ccccc4cc3N(C)c3cccc1c32.[Ir+3].[c-]1ccccc1-c1ccccn1. The van der Waals surface area contributed by atoms with Crippen molar-refractivity contribution in [3.63, 3.8) is 0 Å². The van der Waals surface area contributed by atoms with E-state index in [-0.39, 0.29) is 20.1 Å². The molecule has 7 rings (SSSR count). The Morgan fingerprint density at radius 2 is 1.60 bits per heavy atom. The van der Waals surface area contributed by atoms with Gasteiger partial charge in [-0.3, -0.25) is 0 Å². The zero-order chi connectivity index (χ0) is 23.1. The van der Waals surface area contributed by atoms with E-state index in [0.717, 1.165) is 22.3 Å². The first-order valence-corrected chi connectivity index (χ1v) is 11.3. The van der Waals surface area contributed by atoms with E-state index < -0.39 is 0 Å². The Morgan fingerprint density at radius 3 is 2.40 bits per heavy atom. The summed E-state index contributed by atoms with van der Waals surface area (Å²) >= 11 is 0. The zero-order valence-electron chi connectivity index (χ0n) is 19.4. The van der Waals surface area contributed by atoms with Gasteiger partial charge in [0.25, 0.3) is 0 Å². The second-order valence-electron chi connectivity index (χ2n) is 8.38. The summed E-state index contributed by atoms with van der Waals surface area (Å²) in [7, 11) is 4.22. The number of anilines is 5. The molecule has 2 aliphatic heterocycles. The molecule has 4 nitrogen and oxygen atoms in total. The van der Waals surface area contributed by atoms with Crippen LogP contribution in [-0.2, 0) is 20.1 Å². The maximum absolute atomic E-state index is 4.22. The van der Waals surface area contributed by atoms with Crippen LogP contribution in [0.5, 0.6) is 0 Å². The van der Waals surface area contributed by atoms with Crippen molar-refractivity contribution in [3.8, 4) is 11.3 Å². The molecule has 0 N–H and O–H groups in total. The summed E-state index contributed by atoms with van der Waals surface area (Å²) in [6, 6.07) is 37.5. The van der Waals surface area contributed by atoms with Gasteiger partial charge in [0.2, 0.25) is 0 Å². The first-order valence-electron chi connectivity index (χ1n) is 11.3. The number of aromatic nitrogens is 1. The molecular formula is C30H23IrN4. The molecule has 2 aliphatic rings. The van der Waals surface area contributed by atoms with Crippen LogP contribution in [0.3, 0.4) is 0 Å². The van der Waals surface area contributed by atoms with Gasteiger partial charge in [0.1, 0.15) is 0 Å². The average Bonchev–Trinajstić information content (AvgIpc) is 3.25. The normalized spacial score (nSPS) is 12.9. The van der Waals surface area contributed by atoms with Gasteiger partial charge in [-0.05, 0) is 42.3 Å². The molecule has 0 fully saturated rings. The van der Waals surface area contributed by atoms with Crippen LogP contribution in [-0.4, -0.2) is 19.1 Å². The summed E-state index contributed by atoms with van der Waals surface area (Å²) in [6.07, 6.45) is 1.79. The third kappa shape index (κ3) is 4.07. The minimum Gasteiger partial charge on any atom is -0.504 e. The molecule has 172 valence electrons. The van der Waals surface area contributed by atoms with Crippen LogP contribution in [0, 0.1) is 18.8 Å². The van der Waals surface area contributed by atoms with Crippen molar-refractivity contribution >= 4 is 39.2 Å². The predicted molar refractivity (Wildman–Crippen MR) is 141 cm³/mol. The maximum Gasteiger partial charge on any atom is 3.00 e. The monoisotopic (exact) mass is 632 g/mol. The fourth-order valence-corrected chi connectivity index (χ4v) is 4.57. The van der Waals surface area contributed by atoms with Crippen LogP contribution >= 0.6 is 0 Å². The van der Waals surface area contributed by atoms with Crippen molar-refractivity contribution in [2.75, 3.05) is 28.8 Å². The molecule has 0 atom stereocenters. The van der Waals surface area contributed by atoms with Crippen molar-refractivity contribution in [3.05, 3.63) is 116 Å². The van der Waals surface area contributed by atoms with E-state index in [9.17, 15) is 0 Å². The first kappa shape index (κ1) is 23.1. The van der Waals surface area contributed by atoms with Gasteiger partial charge in [0.05, 0.1) is 11.4 Å². The van der Waals surface area contributed by atoms with Gasteiger partial charge < -0.3 is 19.7 Å². The van der Waals surface area contributed by atoms with E-state index >= 15 is 0 Å². The first-order chi connectivity index (χ1) is 16.7. The van der Waals surface area contributed by atoms with Gasteiger partial charge >= 0.3 is 20.1 Å². The van der Waals surface area contributed by atoms with Gasteiger partial charge in [-0.1, -0.05) is 30.3 Å². The smallest absolute Gasteiger partial charge is 0.504 e. The van der Waals surface area contributed by atoms with E-state index in [1.807, 2.05) is 42.5 Å². The van der Waals surface area contributed by atoms with Gasteiger partial charge in [0.15, 0.2) is 0 Å². The molecule has 0 radical (unpaired) electrons. The number of rotatable bonds is 1. The summed E-state index contributed by atoms with van der Waals surface area (Å²) in [4.78, 5) is 10.9. The molecule has 0 saturated carbocycles. The third-order valence-corrected chi connectivity index (χ3v) is 6.27. The number of benzene rings is 4. The van der Waals surface area contributed by atoms with E-state index in [1.165, 1.54) is 28.1 Å². The molecule has 1 aromatic heterocycles. The van der Waals surface area contributed by atoms with Crippen LogP contribution in [0.2, 0.25) is 0 Å². The molecule has 35 heavy (non-hydrogen) atoms. The van der Waals surface area contributed by atoms with Crippen molar-refractivity contribution in [1.29, 1.82) is 0 Å². The summed E-state index contributed by atoms with van der Waals surface area (Å²) in [6.45, 7) is 2.14. The molecule has 4 aromatic carbocycles. The molecule has 0 aliphatic carbocycles. The van der Waals surface area contributed by atoms with Gasteiger partial charge in [-0.15, -0.1) is 70.9 Å². The maximum atomic E-state index is 4.22. The molecule has 0 spiro atoms. The Morgan fingerprint density at radius 1 is 0.800 bits per heavy atom. The summed E-state index contributed by atoms with van der Waals surface area (Å²) < 4.78 is 0. The molecule has 3 heterocycles. The molecular weight excluding hydrogens is 609 g/mol. The second-order valence-corrected chi connectivity index (χ2v) is 8.38. The van der Waals surface area contributed by atoms with Crippen molar-refractivity contribution in [2.24, 2.45) is 0 Å². The van der Waals surface area contributed by atoms with E-state index in [1.54, 1.807) is 6.20 Å². The van der Waals surface area contributed by atoms with E-state index in [4.69, 9.17) is 0 Å². The minimum atomic E-state index is 0. The Hall–Kier alpha value is -3.66. The summed E-state index contributed by atoms with van der Waals surface area (Å²) in [5, 5.41) is 2.37. The second kappa shape index (κ2) is 9.53. The fourth-order valence-electron chi connectivity index (χ4n) is 4.57. The molecule has 5 heteroatoms.